The number of hydrogen-bond donors (Lipinski definition) is 1. The third-order valence-electron chi connectivity index (χ3n) is 2.52. The summed E-state index contributed by atoms with van der Waals surface area (Å²) in [5.41, 5.74) is 2.39. The van der Waals surface area contributed by atoms with Crippen molar-refractivity contribution in [2.75, 3.05) is 0 Å². The monoisotopic (exact) mass is 222 g/mol. The maximum atomic E-state index is 10.6. The van der Waals surface area contributed by atoms with Gasteiger partial charge in [0.05, 0.1) is 0 Å². The van der Waals surface area contributed by atoms with E-state index in [1.165, 1.54) is 12.5 Å². The molecule has 0 saturated carbocycles. The Bertz CT molecular complexity index is 383. The lowest BCUT2D eigenvalue weighted by Crippen LogP contribution is -2.22. The highest BCUT2D eigenvalue weighted by Gasteiger charge is 2.13. The first-order valence-corrected chi connectivity index (χ1v) is 5.41. The highest BCUT2D eigenvalue weighted by Crippen LogP contribution is 2.24. The molecule has 0 fully saturated rings. The second-order valence-electron chi connectivity index (χ2n) is 4.27. The molecule has 3 heteroatoms. The lowest BCUT2D eigenvalue weighted by atomic mass is 9.98. The van der Waals surface area contributed by atoms with Crippen molar-refractivity contribution in [3.8, 4) is 5.75 Å². The highest BCUT2D eigenvalue weighted by molar-refractivity contribution is 5.72. The molecule has 0 amide bonds. The van der Waals surface area contributed by atoms with Gasteiger partial charge in [0.2, 0.25) is 0 Å². The van der Waals surface area contributed by atoms with E-state index in [0.717, 1.165) is 5.56 Å². The lowest BCUT2D eigenvalue weighted by Gasteiger charge is -2.14. The zero-order valence-electron chi connectivity index (χ0n) is 10.2. The zero-order chi connectivity index (χ0) is 12.3. The van der Waals surface area contributed by atoms with Crippen molar-refractivity contribution in [2.45, 2.75) is 39.7 Å². The first kappa shape index (κ1) is 12.6. The van der Waals surface area contributed by atoms with Crippen LogP contribution in [-0.2, 0) is 4.79 Å². The van der Waals surface area contributed by atoms with Crippen LogP contribution in [0.2, 0.25) is 0 Å². The molecule has 0 aliphatic heterocycles. The van der Waals surface area contributed by atoms with Gasteiger partial charge in [-0.25, -0.2) is 4.79 Å². The Hall–Kier alpha value is -1.51. The molecule has 0 spiro atoms. The van der Waals surface area contributed by atoms with Crippen molar-refractivity contribution in [3.63, 3.8) is 0 Å². The van der Waals surface area contributed by atoms with Crippen molar-refractivity contribution in [3.05, 3.63) is 29.3 Å². The van der Waals surface area contributed by atoms with Crippen LogP contribution >= 0.6 is 0 Å². The van der Waals surface area contributed by atoms with Crippen molar-refractivity contribution in [1.82, 2.24) is 0 Å². The molecule has 0 aromatic heterocycles. The minimum absolute atomic E-state index is 0.464. The van der Waals surface area contributed by atoms with Crippen LogP contribution < -0.4 is 4.74 Å². The van der Waals surface area contributed by atoms with Crippen LogP contribution in [0, 0.1) is 6.92 Å². The summed E-state index contributed by atoms with van der Waals surface area (Å²) in [5, 5.41) is 8.73. The largest absolute Gasteiger partial charge is 0.479 e. The zero-order valence-corrected chi connectivity index (χ0v) is 10.2. The Balaban J connectivity index is 2.85. The van der Waals surface area contributed by atoms with E-state index >= 15 is 0 Å². The summed E-state index contributed by atoms with van der Waals surface area (Å²) in [6.45, 7) is 7.78. The Morgan fingerprint density at radius 3 is 2.38 bits per heavy atom. The average Bonchev–Trinajstić information content (AvgIpc) is 2.16. The number of rotatable bonds is 4. The van der Waals surface area contributed by atoms with Gasteiger partial charge in [-0.3, -0.25) is 0 Å². The lowest BCUT2D eigenvalue weighted by molar-refractivity contribution is -0.144. The van der Waals surface area contributed by atoms with Gasteiger partial charge in [-0.2, -0.15) is 0 Å². The van der Waals surface area contributed by atoms with Crippen LogP contribution in [0.5, 0.6) is 5.75 Å². The van der Waals surface area contributed by atoms with Gasteiger partial charge in [0, 0.05) is 0 Å². The predicted molar refractivity (Wildman–Crippen MR) is 63.0 cm³/mol. The molecule has 0 aliphatic rings. The first-order chi connectivity index (χ1) is 7.41. The fourth-order valence-corrected chi connectivity index (χ4v) is 1.62. The molecule has 1 aromatic rings. The van der Waals surface area contributed by atoms with E-state index in [-0.39, 0.29) is 0 Å². The molecule has 0 unspecified atom stereocenters. The molecule has 1 atom stereocenters. The van der Waals surface area contributed by atoms with Crippen molar-refractivity contribution < 1.29 is 14.6 Å². The maximum absolute atomic E-state index is 10.6. The standard InChI is InChI=1S/C13H18O3/c1-8(2)12-6-5-11(7-9(12)3)16-10(4)13(14)15/h5-8,10H,1-4H3,(H,14,15)/t10-/m1/s1. The van der Waals surface area contributed by atoms with Gasteiger partial charge in [0.15, 0.2) is 6.10 Å². The van der Waals surface area contributed by atoms with Crippen LogP contribution in [0.25, 0.3) is 0 Å². The minimum atomic E-state index is -0.953. The minimum Gasteiger partial charge on any atom is -0.479 e. The number of carbonyl (C=O) groups is 1. The fourth-order valence-electron chi connectivity index (χ4n) is 1.62. The van der Waals surface area contributed by atoms with Crippen LogP contribution in [0.3, 0.4) is 0 Å². The molecular weight excluding hydrogens is 204 g/mol. The molecule has 1 N–H and O–H groups in total. The van der Waals surface area contributed by atoms with Gasteiger partial charge < -0.3 is 9.84 Å². The fraction of sp³-hybridized carbons (Fsp3) is 0.462. The van der Waals surface area contributed by atoms with E-state index in [2.05, 4.69) is 13.8 Å². The molecule has 16 heavy (non-hydrogen) atoms. The van der Waals surface area contributed by atoms with E-state index in [9.17, 15) is 4.79 Å². The number of benzene rings is 1. The molecule has 0 radical (unpaired) electrons. The second kappa shape index (κ2) is 5.01. The summed E-state index contributed by atoms with van der Waals surface area (Å²) >= 11 is 0. The summed E-state index contributed by atoms with van der Waals surface area (Å²) in [5.74, 6) is 0.119. The SMILES string of the molecule is Cc1cc(O[C@H](C)C(=O)O)ccc1C(C)C. The van der Waals surface area contributed by atoms with Gasteiger partial charge in [0.1, 0.15) is 5.75 Å². The topological polar surface area (TPSA) is 46.5 Å². The van der Waals surface area contributed by atoms with Gasteiger partial charge in [-0.15, -0.1) is 0 Å². The first-order valence-electron chi connectivity index (χ1n) is 5.41. The van der Waals surface area contributed by atoms with E-state index < -0.39 is 12.1 Å². The third-order valence-corrected chi connectivity index (χ3v) is 2.52. The number of ether oxygens (including phenoxy) is 1. The molecular formula is C13H18O3. The molecule has 3 nitrogen and oxygen atoms in total. The number of carboxylic acid groups (broad SMARTS) is 1. The number of hydrogen-bond acceptors (Lipinski definition) is 2. The van der Waals surface area contributed by atoms with Gasteiger partial charge in [0.25, 0.3) is 0 Å². The van der Waals surface area contributed by atoms with Crippen molar-refractivity contribution in [1.29, 1.82) is 0 Å². The van der Waals surface area contributed by atoms with E-state index in [0.29, 0.717) is 11.7 Å². The summed E-state index contributed by atoms with van der Waals surface area (Å²) in [6, 6.07) is 5.69. The summed E-state index contributed by atoms with van der Waals surface area (Å²) in [6.07, 6.45) is -0.815. The molecule has 0 bridgehead atoms. The van der Waals surface area contributed by atoms with Crippen LogP contribution in [0.1, 0.15) is 37.8 Å². The van der Waals surface area contributed by atoms with Crippen molar-refractivity contribution in [2.24, 2.45) is 0 Å². The quantitative estimate of drug-likeness (QED) is 0.851. The van der Waals surface area contributed by atoms with E-state index in [1.807, 2.05) is 25.1 Å². The Morgan fingerprint density at radius 1 is 1.31 bits per heavy atom. The Morgan fingerprint density at radius 2 is 1.94 bits per heavy atom. The summed E-state index contributed by atoms with van der Waals surface area (Å²) in [7, 11) is 0. The van der Waals surface area contributed by atoms with Gasteiger partial charge in [-0.05, 0) is 43.0 Å². The Labute approximate surface area is 96.1 Å². The Kier molecular flexibility index (Phi) is 3.93. The molecule has 1 rings (SSSR count). The van der Waals surface area contributed by atoms with Gasteiger partial charge >= 0.3 is 5.97 Å². The molecule has 1 aromatic carbocycles. The van der Waals surface area contributed by atoms with Gasteiger partial charge in [-0.1, -0.05) is 19.9 Å². The second-order valence-corrected chi connectivity index (χ2v) is 4.27. The van der Waals surface area contributed by atoms with Crippen LogP contribution in [0.15, 0.2) is 18.2 Å². The van der Waals surface area contributed by atoms with E-state index in [4.69, 9.17) is 9.84 Å². The average molecular weight is 222 g/mol. The summed E-state index contributed by atoms with van der Waals surface area (Å²) < 4.78 is 5.29. The number of aliphatic carboxylic acids is 1. The molecule has 88 valence electrons. The molecule has 0 heterocycles. The predicted octanol–water partition coefficient (Wildman–Crippen LogP) is 2.97. The molecule has 0 aliphatic carbocycles. The van der Waals surface area contributed by atoms with Crippen LogP contribution in [0.4, 0.5) is 0 Å². The third kappa shape index (κ3) is 2.99. The number of carboxylic acids is 1. The van der Waals surface area contributed by atoms with E-state index in [1.54, 1.807) is 0 Å². The smallest absolute Gasteiger partial charge is 0.344 e. The van der Waals surface area contributed by atoms with Crippen molar-refractivity contribution >= 4 is 5.97 Å². The maximum Gasteiger partial charge on any atom is 0.344 e. The van der Waals surface area contributed by atoms with Crippen LogP contribution in [-0.4, -0.2) is 17.2 Å². The molecule has 0 saturated heterocycles. The summed E-state index contributed by atoms with van der Waals surface area (Å²) in [4.78, 5) is 10.6. The highest BCUT2D eigenvalue weighted by atomic mass is 16.5. The normalized spacial score (nSPS) is 12.6. The number of aryl methyl sites for hydroxylation is 1.